The third-order valence-electron chi connectivity index (χ3n) is 3.14. The highest BCUT2D eigenvalue weighted by molar-refractivity contribution is 6.18. The molecular formula is C17H19FO5. The molecule has 1 saturated heterocycles. The smallest absolute Gasteiger partial charge is 0.348 e. The summed E-state index contributed by atoms with van der Waals surface area (Å²) in [7, 11) is 0. The average molecular weight is 322 g/mol. The van der Waals surface area contributed by atoms with Crippen molar-refractivity contribution in [2.45, 2.75) is 39.4 Å². The predicted molar refractivity (Wildman–Crippen MR) is 81.0 cm³/mol. The van der Waals surface area contributed by atoms with E-state index in [1.165, 1.54) is 38.1 Å². The van der Waals surface area contributed by atoms with Crippen molar-refractivity contribution in [2.75, 3.05) is 6.61 Å². The van der Waals surface area contributed by atoms with Crippen LogP contribution in [0.2, 0.25) is 0 Å². The first-order valence-electron chi connectivity index (χ1n) is 7.43. The molecule has 6 heteroatoms. The molecule has 0 saturated carbocycles. The maximum atomic E-state index is 13.7. The highest BCUT2D eigenvalue weighted by Crippen LogP contribution is 2.26. The van der Waals surface area contributed by atoms with Crippen LogP contribution in [0.1, 0.15) is 39.2 Å². The van der Waals surface area contributed by atoms with Crippen LogP contribution in [0.5, 0.6) is 5.75 Å². The Bertz CT molecular complexity index is 626. The molecule has 1 fully saturated rings. The van der Waals surface area contributed by atoms with E-state index in [4.69, 9.17) is 14.2 Å². The van der Waals surface area contributed by atoms with Crippen LogP contribution < -0.4 is 4.74 Å². The Morgan fingerprint density at radius 3 is 2.48 bits per heavy atom. The standard InChI is InChI=1S/C17H19FO5/c1-4-5-8-21-14-10-11(6-7-13(14)18)9-12-15(19)22-17(2,3)23-16(12)20/h6-7,9-10H,4-5,8H2,1-3H3. The number of rotatable bonds is 5. The quantitative estimate of drug-likeness (QED) is 0.360. The van der Waals surface area contributed by atoms with E-state index in [0.717, 1.165) is 12.8 Å². The number of carbonyl (C=O) groups is 2. The molecule has 23 heavy (non-hydrogen) atoms. The summed E-state index contributed by atoms with van der Waals surface area (Å²) in [6, 6.07) is 4.09. The number of cyclic esters (lactones) is 2. The number of halogens is 1. The van der Waals surface area contributed by atoms with Crippen molar-refractivity contribution in [2.24, 2.45) is 0 Å². The van der Waals surface area contributed by atoms with Crippen molar-refractivity contribution in [3.63, 3.8) is 0 Å². The first-order chi connectivity index (χ1) is 10.8. The van der Waals surface area contributed by atoms with E-state index in [1.54, 1.807) is 0 Å². The number of hydrogen-bond acceptors (Lipinski definition) is 5. The van der Waals surface area contributed by atoms with E-state index in [9.17, 15) is 14.0 Å². The maximum absolute atomic E-state index is 13.7. The van der Waals surface area contributed by atoms with Crippen LogP contribution in [0.15, 0.2) is 23.8 Å². The van der Waals surface area contributed by atoms with Crippen LogP contribution in [0, 0.1) is 5.82 Å². The van der Waals surface area contributed by atoms with Crippen molar-refractivity contribution < 1.29 is 28.2 Å². The summed E-state index contributed by atoms with van der Waals surface area (Å²) in [6.07, 6.45) is 3.03. The number of ether oxygens (including phenoxy) is 3. The summed E-state index contributed by atoms with van der Waals surface area (Å²) in [5.74, 6) is -3.26. The van der Waals surface area contributed by atoms with Crippen LogP contribution in [0.4, 0.5) is 4.39 Å². The normalized spacial score (nSPS) is 16.6. The van der Waals surface area contributed by atoms with Gasteiger partial charge in [-0.25, -0.2) is 14.0 Å². The van der Waals surface area contributed by atoms with Gasteiger partial charge in [-0.1, -0.05) is 19.4 Å². The molecule has 0 N–H and O–H groups in total. The number of hydrogen-bond donors (Lipinski definition) is 0. The average Bonchev–Trinajstić information content (AvgIpc) is 2.45. The summed E-state index contributed by atoms with van der Waals surface area (Å²) in [6.45, 7) is 5.34. The second-order valence-corrected chi connectivity index (χ2v) is 5.63. The predicted octanol–water partition coefficient (Wildman–Crippen LogP) is 3.22. The lowest BCUT2D eigenvalue weighted by molar-refractivity contribution is -0.222. The number of unbranched alkanes of at least 4 members (excludes halogenated alkanes) is 1. The van der Waals surface area contributed by atoms with E-state index >= 15 is 0 Å². The van der Waals surface area contributed by atoms with E-state index in [0.29, 0.717) is 12.2 Å². The zero-order chi connectivity index (χ0) is 17.0. The van der Waals surface area contributed by atoms with Gasteiger partial charge in [-0.2, -0.15) is 0 Å². The molecule has 1 aliphatic rings. The molecule has 124 valence electrons. The second kappa shape index (κ2) is 6.81. The minimum absolute atomic E-state index is 0.0747. The Labute approximate surface area is 134 Å². The minimum Gasteiger partial charge on any atom is -0.490 e. The summed E-state index contributed by atoms with van der Waals surface area (Å²) in [5.41, 5.74) is 0.206. The second-order valence-electron chi connectivity index (χ2n) is 5.63. The molecule has 1 aromatic rings. The highest BCUT2D eigenvalue weighted by Gasteiger charge is 2.38. The zero-order valence-corrected chi connectivity index (χ0v) is 13.3. The van der Waals surface area contributed by atoms with Crippen molar-refractivity contribution in [3.05, 3.63) is 35.2 Å². The molecule has 2 rings (SSSR count). The van der Waals surface area contributed by atoms with Gasteiger partial charge >= 0.3 is 11.9 Å². The number of esters is 2. The molecule has 0 amide bonds. The Kier molecular flexibility index (Phi) is 5.03. The molecule has 5 nitrogen and oxygen atoms in total. The minimum atomic E-state index is -1.29. The van der Waals surface area contributed by atoms with E-state index in [1.807, 2.05) is 6.92 Å². The molecule has 0 unspecified atom stereocenters. The molecule has 0 atom stereocenters. The van der Waals surface area contributed by atoms with Crippen molar-refractivity contribution in [3.8, 4) is 5.75 Å². The third-order valence-corrected chi connectivity index (χ3v) is 3.14. The Balaban J connectivity index is 2.23. The number of carbonyl (C=O) groups excluding carboxylic acids is 2. The van der Waals surface area contributed by atoms with Gasteiger partial charge in [-0.3, -0.25) is 0 Å². The summed E-state index contributed by atoms with van der Waals surface area (Å²) < 4.78 is 29.1. The Hall–Kier alpha value is -2.37. The zero-order valence-electron chi connectivity index (χ0n) is 13.3. The van der Waals surface area contributed by atoms with E-state index in [2.05, 4.69) is 0 Å². The van der Waals surface area contributed by atoms with E-state index < -0.39 is 23.5 Å². The lowest BCUT2D eigenvalue weighted by atomic mass is 10.1. The van der Waals surface area contributed by atoms with Gasteiger partial charge in [0, 0.05) is 13.8 Å². The highest BCUT2D eigenvalue weighted by atomic mass is 19.1. The van der Waals surface area contributed by atoms with Gasteiger partial charge in [0.2, 0.25) is 0 Å². The van der Waals surface area contributed by atoms with Crippen LogP contribution in [-0.2, 0) is 19.1 Å². The molecule has 1 heterocycles. The van der Waals surface area contributed by atoms with E-state index in [-0.39, 0.29) is 11.3 Å². The largest absolute Gasteiger partial charge is 0.490 e. The maximum Gasteiger partial charge on any atom is 0.348 e. The van der Waals surface area contributed by atoms with Gasteiger partial charge in [0.1, 0.15) is 5.57 Å². The SMILES string of the molecule is CCCCOc1cc(C=C2C(=O)OC(C)(C)OC2=O)ccc1F. The van der Waals surface area contributed by atoms with Gasteiger partial charge < -0.3 is 14.2 Å². The fourth-order valence-corrected chi connectivity index (χ4v) is 1.99. The van der Waals surface area contributed by atoms with Crippen LogP contribution in [0.25, 0.3) is 6.08 Å². The first kappa shape index (κ1) is 17.0. The van der Waals surface area contributed by atoms with Crippen LogP contribution in [0.3, 0.4) is 0 Å². The Morgan fingerprint density at radius 2 is 1.87 bits per heavy atom. The van der Waals surface area contributed by atoms with Crippen molar-refractivity contribution in [1.82, 2.24) is 0 Å². The monoisotopic (exact) mass is 322 g/mol. The lowest BCUT2D eigenvalue weighted by Gasteiger charge is -2.29. The molecule has 0 aliphatic carbocycles. The van der Waals surface area contributed by atoms with Gasteiger partial charge in [0.25, 0.3) is 5.79 Å². The summed E-state index contributed by atoms with van der Waals surface area (Å²) in [4.78, 5) is 23.8. The molecule has 0 radical (unpaired) electrons. The molecule has 1 aliphatic heterocycles. The number of benzene rings is 1. The molecule has 0 spiro atoms. The molecule has 0 bridgehead atoms. The topological polar surface area (TPSA) is 61.8 Å². The molecule has 1 aromatic carbocycles. The molecule has 0 aromatic heterocycles. The summed E-state index contributed by atoms with van der Waals surface area (Å²) >= 11 is 0. The Morgan fingerprint density at radius 1 is 1.22 bits per heavy atom. The van der Waals surface area contributed by atoms with Gasteiger partial charge in [-0.05, 0) is 30.2 Å². The summed E-state index contributed by atoms with van der Waals surface area (Å²) in [5, 5.41) is 0. The van der Waals surface area contributed by atoms with Gasteiger partial charge in [0.05, 0.1) is 6.61 Å². The lowest BCUT2D eigenvalue weighted by Crippen LogP contribution is -2.41. The first-order valence-corrected chi connectivity index (χ1v) is 7.43. The van der Waals surface area contributed by atoms with Gasteiger partial charge in [-0.15, -0.1) is 0 Å². The van der Waals surface area contributed by atoms with Crippen molar-refractivity contribution >= 4 is 18.0 Å². The van der Waals surface area contributed by atoms with Crippen LogP contribution in [-0.4, -0.2) is 24.3 Å². The fourth-order valence-electron chi connectivity index (χ4n) is 1.99. The van der Waals surface area contributed by atoms with Gasteiger partial charge in [0.15, 0.2) is 11.6 Å². The third kappa shape index (κ3) is 4.31. The van der Waals surface area contributed by atoms with Crippen molar-refractivity contribution in [1.29, 1.82) is 0 Å². The fraction of sp³-hybridized carbons (Fsp3) is 0.412. The molecular weight excluding hydrogens is 303 g/mol. The van der Waals surface area contributed by atoms with Crippen LogP contribution >= 0.6 is 0 Å².